The smallest absolute Gasteiger partial charge is 0.227 e. The molecule has 0 aliphatic carbocycles. The lowest BCUT2D eigenvalue weighted by Gasteiger charge is -2.36. The number of benzene rings is 1. The van der Waals surface area contributed by atoms with Gasteiger partial charge in [0.15, 0.2) is 0 Å². The Morgan fingerprint density at radius 2 is 2.12 bits per heavy atom. The number of nitrogens with zero attached hydrogens (tertiary/aromatic N) is 4. The molecule has 2 aliphatic rings. The summed E-state index contributed by atoms with van der Waals surface area (Å²) in [6.45, 7) is 4.49. The van der Waals surface area contributed by atoms with Crippen LogP contribution in [0.1, 0.15) is 30.1 Å². The molecule has 4 rings (SSSR count). The van der Waals surface area contributed by atoms with Crippen LogP contribution >= 0.6 is 0 Å². The molecule has 1 saturated heterocycles. The first-order valence-electron chi connectivity index (χ1n) is 8.94. The minimum absolute atomic E-state index is 0.0458. The van der Waals surface area contributed by atoms with E-state index in [0.717, 1.165) is 30.9 Å². The van der Waals surface area contributed by atoms with Gasteiger partial charge < -0.3 is 14.4 Å². The highest BCUT2D eigenvalue weighted by Crippen LogP contribution is 2.24. The molecule has 25 heavy (non-hydrogen) atoms. The number of fused-ring (bicyclic) bond motifs is 1. The minimum atomic E-state index is -0.297. The summed E-state index contributed by atoms with van der Waals surface area (Å²) in [7, 11) is 0. The second-order valence-corrected chi connectivity index (χ2v) is 7.03. The zero-order chi connectivity index (χ0) is 17.2. The van der Waals surface area contributed by atoms with Crippen molar-refractivity contribution in [2.24, 2.45) is 0 Å². The summed E-state index contributed by atoms with van der Waals surface area (Å²) in [5.41, 5.74) is 1.79. The molecule has 1 amide bonds. The van der Waals surface area contributed by atoms with Crippen LogP contribution in [0.5, 0.6) is 0 Å². The first-order chi connectivity index (χ1) is 12.2. The van der Waals surface area contributed by atoms with Crippen LogP contribution < -0.4 is 0 Å². The van der Waals surface area contributed by atoms with Gasteiger partial charge in [-0.05, 0) is 43.6 Å². The third-order valence-electron chi connectivity index (χ3n) is 5.19. The Kier molecular flexibility index (Phi) is 4.53. The maximum absolute atomic E-state index is 13.4. The second-order valence-electron chi connectivity index (χ2n) is 7.03. The van der Waals surface area contributed by atoms with Crippen molar-refractivity contribution in [1.82, 2.24) is 19.4 Å². The first-order valence-corrected chi connectivity index (χ1v) is 8.94. The summed E-state index contributed by atoms with van der Waals surface area (Å²) in [6, 6.07) is 6.53. The van der Waals surface area contributed by atoms with E-state index >= 15 is 0 Å². The van der Waals surface area contributed by atoms with Crippen molar-refractivity contribution in [3.05, 3.63) is 53.9 Å². The van der Waals surface area contributed by atoms with E-state index in [9.17, 15) is 9.18 Å². The van der Waals surface area contributed by atoms with E-state index in [1.807, 2.05) is 17.4 Å². The van der Waals surface area contributed by atoms with E-state index in [-0.39, 0.29) is 24.2 Å². The SMILES string of the molecule is O=C(Cc1cccc(F)c1)N1Cc2cncn2[C@@H](CN2CCCC2)C1. The molecule has 1 fully saturated rings. The van der Waals surface area contributed by atoms with E-state index < -0.39 is 0 Å². The van der Waals surface area contributed by atoms with E-state index in [0.29, 0.717) is 13.1 Å². The molecule has 0 unspecified atom stereocenters. The van der Waals surface area contributed by atoms with Crippen molar-refractivity contribution in [3.63, 3.8) is 0 Å². The van der Waals surface area contributed by atoms with Crippen LogP contribution in [0.25, 0.3) is 0 Å². The zero-order valence-corrected chi connectivity index (χ0v) is 14.3. The van der Waals surface area contributed by atoms with Crippen LogP contribution in [0.15, 0.2) is 36.8 Å². The van der Waals surface area contributed by atoms with Crippen LogP contribution in [-0.2, 0) is 17.8 Å². The number of imidazole rings is 1. The van der Waals surface area contributed by atoms with Crippen LogP contribution in [0.3, 0.4) is 0 Å². The molecule has 0 radical (unpaired) electrons. The highest BCUT2D eigenvalue weighted by molar-refractivity contribution is 5.79. The van der Waals surface area contributed by atoms with Gasteiger partial charge in [0.1, 0.15) is 5.82 Å². The van der Waals surface area contributed by atoms with E-state index in [1.54, 1.807) is 12.1 Å². The zero-order valence-electron chi connectivity index (χ0n) is 14.3. The topological polar surface area (TPSA) is 41.4 Å². The summed E-state index contributed by atoms with van der Waals surface area (Å²) in [4.78, 5) is 21.4. The standard InChI is InChI=1S/C19H23FN4O/c20-16-5-3-4-15(8-16)9-19(25)23-12-17-10-21-14-24(17)18(13-23)11-22-6-1-2-7-22/h3-5,8,10,14,18H,1-2,6-7,9,11-13H2/t18-/m0/s1. The molecule has 132 valence electrons. The van der Waals surface area contributed by atoms with Gasteiger partial charge in [-0.25, -0.2) is 9.37 Å². The number of carbonyl (C=O) groups is 1. The number of halogens is 1. The fourth-order valence-corrected chi connectivity index (χ4v) is 3.92. The fourth-order valence-electron chi connectivity index (χ4n) is 3.92. The average Bonchev–Trinajstić information content (AvgIpc) is 3.26. The Hall–Kier alpha value is -2.21. The highest BCUT2D eigenvalue weighted by Gasteiger charge is 2.29. The van der Waals surface area contributed by atoms with Crippen LogP contribution in [0, 0.1) is 5.82 Å². The van der Waals surface area contributed by atoms with Crippen molar-refractivity contribution in [1.29, 1.82) is 0 Å². The number of hydrogen-bond acceptors (Lipinski definition) is 3. The van der Waals surface area contributed by atoms with E-state index in [4.69, 9.17) is 0 Å². The Balaban J connectivity index is 1.48. The van der Waals surface area contributed by atoms with Crippen molar-refractivity contribution < 1.29 is 9.18 Å². The predicted octanol–water partition coefficient (Wildman–Crippen LogP) is 2.24. The molecule has 5 nitrogen and oxygen atoms in total. The monoisotopic (exact) mass is 342 g/mol. The average molecular weight is 342 g/mol. The summed E-state index contributed by atoms with van der Waals surface area (Å²) in [5.74, 6) is -0.251. The third-order valence-corrected chi connectivity index (χ3v) is 5.19. The molecule has 2 aliphatic heterocycles. The summed E-state index contributed by atoms with van der Waals surface area (Å²) in [5, 5.41) is 0. The Bertz CT molecular complexity index is 753. The highest BCUT2D eigenvalue weighted by atomic mass is 19.1. The van der Waals surface area contributed by atoms with Crippen molar-refractivity contribution >= 4 is 5.91 Å². The number of rotatable bonds is 4. The maximum Gasteiger partial charge on any atom is 0.227 e. The van der Waals surface area contributed by atoms with Crippen molar-refractivity contribution in [2.45, 2.75) is 31.8 Å². The van der Waals surface area contributed by atoms with E-state index in [2.05, 4.69) is 14.5 Å². The van der Waals surface area contributed by atoms with E-state index in [1.165, 1.54) is 25.0 Å². The van der Waals surface area contributed by atoms with Crippen molar-refractivity contribution in [3.8, 4) is 0 Å². The third kappa shape index (κ3) is 3.58. The molecule has 3 heterocycles. The van der Waals surface area contributed by atoms with Gasteiger partial charge in [-0.2, -0.15) is 0 Å². The maximum atomic E-state index is 13.4. The fraction of sp³-hybridized carbons (Fsp3) is 0.474. The first kappa shape index (κ1) is 16.3. The lowest BCUT2D eigenvalue weighted by molar-refractivity contribution is -0.132. The predicted molar refractivity (Wildman–Crippen MR) is 92.5 cm³/mol. The van der Waals surface area contributed by atoms with Gasteiger partial charge in [-0.1, -0.05) is 12.1 Å². The lowest BCUT2D eigenvalue weighted by atomic mass is 10.1. The molecule has 6 heteroatoms. The molecule has 2 aromatic rings. The molecule has 1 atom stereocenters. The van der Waals surface area contributed by atoms with Gasteiger partial charge in [0.25, 0.3) is 0 Å². The van der Waals surface area contributed by atoms with Gasteiger partial charge in [-0.15, -0.1) is 0 Å². The Morgan fingerprint density at radius 1 is 1.28 bits per heavy atom. The van der Waals surface area contributed by atoms with Gasteiger partial charge in [0.2, 0.25) is 5.91 Å². The molecule has 0 spiro atoms. The summed E-state index contributed by atoms with van der Waals surface area (Å²) in [6.07, 6.45) is 6.48. The van der Waals surface area contributed by atoms with Gasteiger partial charge in [0.05, 0.1) is 31.0 Å². The Morgan fingerprint density at radius 3 is 2.92 bits per heavy atom. The molecular formula is C19H23FN4O. The van der Waals surface area contributed by atoms with Crippen LogP contribution in [0.4, 0.5) is 4.39 Å². The van der Waals surface area contributed by atoms with Gasteiger partial charge in [0, 0.05) is 19.3 Å². The molecule has 1 aromatic heterocycles. The normalized spacial score (nSPS) is 20.7. The van der Waals surface area contributed by atoms with Crippen molar-refractivity contribution in [2.75, 3.05) is 26.2 Å². The molecule has 0 bridgehead atoms. The van der Waals surface area contributed by atoms with Gasteiger partial charge in [-0.3, -0.25) is 4.79 Å². The number of hydrogen-bond donors (Lipinski definition) is 0. The second kappa shape index (κ2) is 6.96. The quantitative estimate of drug-likeness (QED) is 0.856. The number of aromatic nitrogens is 2. The summed E-state index contributed by atoms with van der Waals surface area (Å²) < 4.78 is 15.6. The molecule has 0 saturated carbocycles. The van der Waals surface area contributed by atoms with Gasteiger partial charge >= 0.3 is 0 Å². The molecular weight excluding hydrogens is 319 g/mol. The number of likely N-dealkylation sites (tertiary alicyclic amines) is 1. The lowest BCUT2D eigenvalue weighted by Crippen LogP contribution is -2.44. The minimum Gasteiger partial charge on any atom is -0.334 e. The van der Waals surface area contributed by atoms with Crippen LogP contribution in [-0.4, -0.2) is 51.4 Å². The molecule has 1 aromatic carbocycles. The largest absolute Gasteiger partial charge is 0.334 e. The Labute approximate surface area is 147 Å². The molecule has 0 N–H and O–H groups in total. The summed E-state index contributed by atoms with van der Waals surface area (Å²) >= 11 is 0. The number of carbonyl (C=O) groups excluding carboxylic acids is 1. The van der Waals surface area contributed by atoms with Crippen LogP contribution in [0.2, 0.25) is 0 Å². The number of amides is 1.